The molecule has 5 heteroatoms. The Morgan fingerprint density at radius 1 is 1.75 bits per heavy atom. The zero-order valence-electron chi connectivity index (χ0n) is 7.49. The number of nitrogens with two attached hydrogens (primary N) is 1. The van der Waals surface area contributed by atoms with Crippen molar-refractivity contribution in [2.24, 2.45) is 5.73 Å². The Labute approximate surface area is 77.1 Å². The van der Waals surface area contributed by atoms with Crippen LogP contribution in [0.3, 0.4) is 0 Å². The van der Waals surface area contributed by atoms with Gasteiger partial charge in [-0.15, -0.1) is 0 Å². The van der Waals surface area contributed by atoms with Crippen molar-refractivity contribution in [3.05, 3.63) is 0 Å². The normalized spacial score (nSPS) is 13.3. The van der Waals surface area contributed by atoms with E-state index in [4.69, 9.17) is 10.8 Å². The van der Waals surface area contributed by atoms with Crippen LogP contribution in [0.15, 0.2) is 0 Å². The zero-order chi connectivity index (χ0) is 9.56. The Balaban J connectivity index is 3.85. The molecule has 0 bridgehead atoms. The van der Waals surface area contributed by atoms with E-state index < -0.39 is 12.0 Å². The van der Waals surface area contributed by atoms with Crippen LogP contribution in [-0.2, 0) is 4.79 Å². The number of hydrogen-bond donors (Lipinski definition) is 2. The lowest BCUT2D eigenvalue weighted by Crippen LogP contribution is -2.44. The van der Waals surface area contributed by atoms with Crippen LogP contribution in [0.4, 0.5) is 0 Å². The Bertz CT molecular complexity index is 143. The van der Waals surface area contributed by atoms with Gasteiger partial charge in [0.15, 0.2) is 0 Å². The fourth-order valence-corrected chi connectivity index (χ4v) is 1.33. The van der Waals surface area contributed by atoms with Gasteiger partial charge in [0.1, 0.15) is 6.04 Å². The summed E-state index contributed by atoms with van der Waals surface area (Å²) in [6.45, 7) is 0.926. The van der Waals surface area contributed by atoms with Gasteiger partial charge < -0.3 is 10.8 Å². The van der Waals surface area contributed by atoms with Crippen molar-refractivity contribution in [1.82, 2.24) is 4.90 Å². The molecule has 1 unspecified atom stereocenters. The molecule has 0 aliphatic heterocycles. The number of carboxylic acid groups (broad SMARTS) is 1. The Morgan fingerprint density at radius 2 is 2.33 bits per heavy atom. The van der Waals surface area contributed by atoms with Gasteiger partial charge in [-0.25, -0.2) is 0 Å². The summed E-state index contributed by atoms with van der Waals surface area (Å²) in [6.07, 6.45) is 1.99. The lowest BCUT2D eigenvalue weighted by atomic mass is 10.3. The number of carbonyl (C=O) groups is 1. The summed E-state index contributed by atoms with van der Waals surface area (Å²) in [5.41, 5.74) is 5.32. The van der Waals surface area contributed by atoms with Gasteiger partial charge in [0.05, 0.1) is 0 Å². The SMILES string of the molecule is CSCCN(C)C(CN)C(=O)O. The highest BCUT2D eigenvalue weighted by atomic mass is 32.2. The largest absolute Gasteiger partial charge is 0.480 e. The summed E-state index contributed by atoms with van der Waals surface area (Å²) < 4.78 is 0. The van der Waals surface area contributed by atoms with Crippen molar-refractivity contribution in [1.29, 1.82) is 0 Å². The van der Waals surface area contributed by atoms with E-state index in [9.17, 15) is 4.79 Å². The van der Waals surface area contributed by atoms with Gasteiger partial charge in [-0.1, -0.05) is 0 Å². The third-order valence-corrected chi connectivity index (χ3v) is 2.28. The highest BCUT2D eigenvalue weighted by Crippen LogP contribution is 1.98. The lowest BCUT2D eigenvalue weighted by Gasteiger charge is -2.22. The van der Waals surface area contributed by atoms with Crippen molar-refractivity contribution < 1.29 is 9.90 Å². The van der Waals surface area contributed by atoms with Crippen LogP contribution in [-0.4, -0.2) is 54.2 Å². The molecule has 0 heterocycles. The van der Waals surface area contributed by atoms with Gasteiger partial charge in [0.25, 0.3) is 0 Å². The second kappa shape index (κ2) is 6.28. The van der Waals surface area contributed by atoms with Gasteiger partial charge in [-0.3, -0.25) is 9.69 Å². The number of likely N-dealkylation sites (N-methyl/N-ethyl adjacent to an activating group) is 1. The molecule has 72 valence electrons. The second-order valence-electron chi connectivity index (χ2n) is 2.56. The minimum Gasteiger partial charge on any atom is -0.480 e. The molecular weight excluding hydrogens is 176 g/mol. The molecule has 3 N–H and O–H groups in total. The molecule has 0 aromatic heterocycles. The van der Waals surface area contributed by atoms with Crippen LogP contribution in [0.2, 0.25) is 0 Å². The number of thioether (sulfide) groups is 1. The Kier molecular flexibility index (Phi) is 6.14. The van der Waals surface area contributed by atoms with Gasteiger partial charge in [-0.2, -0.15) is 11.8 Å². The van der Waals surface area contributed by atoms with Crippen molar-refractivity contribution in [3.8, 4) is 0 Å². The van der Waals surface area contributed by atoms with Gasteiger partial charge in [0.2, 0.25) is 0 Å². The summed E-state index contributed by atoms with van der Waals surface area (Å²) in [6, 6.07) is -0.544. The number of rotatable bonds is 6. The summed E-state index contributed by atoms with van der Waals surface area (Å²) in [7, 11) is 1.78. The Morgan fingerprint density at radius 3 is 2.67 bits per heavy atom. The van der Waals surface area contributed by atoms with Crippen molar-refractivity contribution >= 4 is 17.7 Å². The van der Waals surface area contributed by atoms with Gasteiger partial charge >= 0.3 is 5.97 Å². The van der Waals surface area contributed by atoms with Crippen molar-refractivity contribution in [2.45, 2.75) is 6.04 Å². The smallest absolute Gasteiger partial charge is 0.322 e. The average Bonchev–Trinajstić information content (AvgIpc) is 2.01. The van der Waals surface area contributed by atoms with E-state index in [0.717, 1.165) is 12.3 Å². The molecule has 0 radical (unpaired) electrons. The first kappa shape index (κ1) is 11.7. The van der Waals surface area contributed by atoms with E-state index in [-0.39, 0.29) is 6.54 Å². The van der Waals surface area contributed by atoms with Crippen molar-refractivity contribution in [2.75, 3.05) is 32.1 Å². The van der Waals surface area contributed by atoms with E-state index >= 15 is 0 Å². The summed E-state index contributed by atoms with van der Waals surface area (Å²) >= 11 is 1.69. The molecule has 0 amide bonds. The van der Waals surface area contributed by atoms with Gasteiger partial charge in [-0.05, 0) is 13.3 Å². The van der Waals surface area contributed by atoms with E-state index in [2.05, 4.69) is 0 Å². The molecule has 12 heavy (non-hydrogen) atoms. The van der Waals surface area contributed by atoms with Crippen LogP contribution >= 0.6 is 11.8 Å². The summed E-state index contributed by atoms with van der Waals surface area (Å²) in [5, 5.41) is 8.71. The average molecular weight is 192 g/mol. The van der Waals surface area contributed by atoms with E-state index in [1.165, 1.54) is 0 Å². The lowest BCUT2D eigenvalue weighted by molar-refractivity contribution is -0.142. The highest BCUT2D eigenvalue weighted by molar-refractivity contribution is 7.98. The molecule has 4 nitrogen and oxygen atoms in total. The highest BCUT2D eigenvalue weighted by Gasteiger charge is 2.19. The predicted molar refractivity (Wildman–Crippen MR) is 51.5 cm³/mol. The first-order valence-corrected chi connectivity index (χ1v) is 5.15. The first-order valence-electron chi connectivity index (χ1n) is 3.75. The van der Waals surface area contributed by atoms with Crippen LogP contribution in [0.5, 0.6) is 0 Å². The molecule has 0 saturated carbocycles. The number of nitrogens with zero attached hydrogens (tertiary/aromatic N) is 1. The maximum Gasteiger partial charge on any atom is 0.322 e. The second-order valence-corrected chi connectivity index (χ2v) is 3.55. The fourth-order valence-electron chi connectivity index (χ4n) is 0.860. The third-order valence-electron chi connectivity index (χ3n) is 1.69. The predicted octanol–water partition coefficient (Wildman–Crippen LogP) is -0.307. The molecule has 0 rings (SSSR count). The molecule has 0 saturated heterocycles. The number of hydrogen-bond acceptors (Lipinski definition) is 4. The molecular formula is C7H16N2O2S. The molecule has 0 spiro atoms. The van der Waals surface area contributed by atoms with Crippen LogP contribution in [0, 0.1) is 0 Å². The standard InChI is InChI=1S/C7H16N2O2S/c1-9(3-4-12-2)6(5-8)7(10)11/h6H,3-5,8H2,1-2H3,(H,10,11). The summed E-state index contributed by atoms with van der Waals surface area (Å²) in [4.78, 5) is 12.4. The maximum atomic E-state index is 10.6. The molecule has 0 aliphatic rings. The number of aliphatic carboxylic acids is 1. The van der Waals surface area contributed by atoms with Crippen LogP contribution < -0.4 is 5.73 Å². The molecule has 0 aromatic carbocycles. The fraction of sp³-hybridized carbons (Fsp3) is 0.857. The molecule has 0 fully saturated rings. The van der Waals surface area contributed by atoms with Gasteiger partial charge in [0, 0.05) is 18.8 Å². The first-order chi connectivity index (χ1) is 5.63. The molecule has 0 aromatic rings. The minimum absolute atomic E-state index is 0.167. The van der Waals surface area contributed by atoms with E-state index in [1.54, 1.807) is 23.7 Å². The maximum absolute atomic E-state index is 10.6. The van der Waals surface area contributed by atoms with E-state index in [1.807, 2.05) is 6.26 Å². The molecule has 0 aliphatic carbocycles. The summed E-state index contributed by atoms with van der Waals surface area (Å²) in [5.74, 6) is 0.0846. The number of carboxylic acids is 1. The monoisotopic (exact) mass is 192 g/mol. The van der Waals surface area contributed by atoms with Crippen molar-refractivity contribution in [3.63, 3.8) is 0 Å². The minimum atomic E-state index is -0.846. The quantitative estimate of drug-likeness (QED) is 0.604. The topological polar surface area (TPSA) is 66.6 Å². The zero-order valence-corrected chi connectivity index (χ0v) is 8.30. The van der Waals surface area contributed by atoms with E-state index in [0.29, 0.717) is 0 Å². The Hall–Kier alpha value is -0.260. The third kappa shape index (κ3) is 3.94. The van der Waals surface area contributed by atoms with Crippen LogP contribution in [0.25, 0.3) is 0 Å². The van der Waals surface area contributed by atoms with Crippen LogP contribution in [0.1, 0.15) is 0 Å². The molecule has 1 atom stereocenters.